The van der Waals surface area contributed by atoms with Crippen molar-refractivity contribution in [3.05, 3.63) is 89.5 Å². The van der Waals surface area contributed by atoms with E-state index in [0.29, 0.717) is 31.0 Å². The first kappa shape index (κ1) is 24.3. The summed E-state index contributed by atoms with van der Waals surface area (Å²) in [4.78, 5) is 2.27. The lowest BCUT2D eigenvalue weighted by atomic mass is 10.0. The van der Waals surface area contributed by atoms with Gasteiger partial charge in [0.2, 0.25) is 0 Å². The summed E-state index contributed by atoms with van der Waals surface area (Å²) in [5.74, 6) is -0.130. The van der Waals surface area contributed by atoms with E-state index in [9.17, 15) is 13.9 Å². The molecule has 0 spiro atoms. The highest BCUT2D eigenvalue weighted by Gasteiger charge is 2.12. The molecule has 1 heterocycles. The largest absolute Gasteiger partial charge is 0.492 e. The zero-order valence-electron chi connectivity index (χ0n) is 19.1. The maximum Gasteiger partial charge on any atom is 0.134 e. The van der Waals surface area contributed by atoms with Crippen molar-refractivity contribution in [2.45, 2.75) is 12.6 Å². The molecule has 2 N–H and O–H groups in total. The van der Waals surface area contributed by atoms with E-state index >= 15 is 0 Å². The van der Waals surface area contributed by atoms with Crippen molar-refractivity contribution in [2.24, 2.45) is 0 Å². The highest BCUT2D eigenvalue weighted by atomic mass is 19.1. The second-order valence-electron chi connectivity index (χ2n) is 8.34. The van der Waals surface area contributed by atoms with Crippen molar-refractivity contribution >= 4 is 0 Å². The second kappa shape index (κ2) is 12.0. The molecule has 0 aliphatic carbocycles. The number of aliphatic hydroxyl groups excluding tert-OH is 1. The van der Waals surface area contributed by atoms with Crippen LogP contribution in [-0.2, 0) is 11.3 Å². The molecule has 34 heavy (non-hydrogen) atoms. The molecule has 0 radical (unpaired) electrons. The maximum atomic E-state index is 14.7. The van der Waals surface area contributed by atoms with Crippen molar-refractivity contribution < 1.29 is 23.4 Å². The third-order valence-corrected chi connectivity index (χ3v) is 5.88. The average molecular weight is 469 g/mol. The minimum absolute atomic E-state index is 0.282. The molecule has 0 bridgehead atoms. The highest BCUT2D eigenvalue weighted by Crippen LogP contribution is 2.27. The molecular formula is C27H30F2N2O3. The van der Waals surface area contributed by atoms with E-state index in [2.05, 4.69) is 10.2 Å². The summed E-state index contributed by atoms with van der Waals surface area (Å²) in [5, 5.41) is 13.6. The first-order chi connectivity index (χ1) is 16.6. The summed E-state index contributed by atoms with van der Waals surface area (Å²) < 4.78 is 39.1. The fourth-order valence-electron chi connectivity index (χ4n) is 3.94. The Bertz CT molecular complexity index is 1060. The summed E-state index contributed by atoms with van der Waals surface area (Å²) in [6.07, 6.45) is -0.727. The van der Waals surface area contributed by atoms with Crippen LogP contribution >= 0.6 is 0 Å². The van der Waals surface area contributed by atoms with Gasteiger partial charge in [-0.25, -0.2) is 8.78 Å². The van der Waals surface area contributed by atoms with Gasteiger partial charge in [-0.3, -0.25) is 4.90 Å². The highest BCUT2D eigenvalue weighted by molar-refractivity contribution is 5.65. The van der Waals surface area contributed by atoms with Crippen molar-refractivity contribution in [2.75, 3.05) is 46.0 Å². The third-order valence-electron chi connectivity index (χ3n) is 5.88. The summed E-state index contributed by atoms with van der Waals surface area (Å²) in [5.41, 5.74) is 2.73. The zero-order valence-corrected chi connectivity index (χ0v) is 19.1. The Morgan fingerprint density at radius 2 is 1.79 bits per heavy atom. The van der Waals surface area contributed by atoms with Gasteiger partial charge >= 0.3 is 0 Å². The van der Waals surface area contributed by atoms with Gasteiger partial charge in [-0.15, -0.1) is 0 Å². The predicted octanol–water partition coefficient (Wildman–Crippen LogP) is 4.17. The van der Waals surface area contributed by atoms with Gasteiger partial charge in [-0.05, 0) is 41.0 Å². The number of halogens is 2. The molecule has 5 nitrogen and oxygen atoms in total. The number of nitrogens with one attached hydrogen (secondary N) is 1. The number of nitrogens with zero attached hydrogens (tertiary/aromatic N) is 1. The Kier molecular flexibility index (Phi) is 8.60. The number of rotatable bonds is 10. The van der Waals surface area contributed by atoms with Crippen LogP contribution in [-0.4, -0.2) is 56.0 Å². The second-order valence-corrected chi connectivity index (χ2v) is 8.34. The number of hydrogen-bond donors (Lipinski definition) is 2. The molecule has 1 fully saturated rings. The molecule has 180 valence electrons. The standard InChI is InChI=1S/C27H30F2N2O3/c28-23-3-1-2-20(16-23)18-30-19-27(32)22-6-4-21(5-7-22)25-9-8-24(17-26(25)29)34-15-12-31-10-13-33-14-11-31/h1-9,16-17,27,30,32H,10-15,18-19H2. The van der Waals surface area contributed by atoms with E-state index in [-0.39, 0.29) is 11.6 Å². The lowest BCUT2D eigenvalue weighted by Crippen LogP contribution is -2.38. The minimum atomic E-state index is -0.727. The Balaban J connectivity index is 1.28. The van der Waals surface area contributed by atoms with Crippen LogP contribution in [0.15, 0.2) is 66.7 Å². The number of aliphatic hydroxyl groups is 1. The Morgan fingerprint density at radius 1 is 1.00 bits per heavy atom. The summed E-state index contributed by atoms with van der Waals surface area (Å²) >= 11 is 0. The topological polar surface area (TPSA) is 54.0 Å². The van der Waals surface area contributed by atoms with Gasteiger partial charge in [0.1, 0.15) is 24.0 Å². The summed E-state index contributed by atoms with van der Waals surface area (Å²) in [7, 11) is 0. The molecule has 7 heteroatoms. The number of hydrogen-bond acceptors (Lipinski definition) is 5. The normalized spacial score (nSPS) is 15.3. The molecule has 1 aliphatic heterocycles. The summed E-state index contributed by atoms with van der Waals surface area (Å²) in [6.45, 7) is 5.33. The van der Waals surface area contributed by atoms with Gasteiger partial charge < -0.3 is 19.9 Å². The minimum Gasteiger partial charge on any atom is -0.492 e. The van der Waals surface area contributed by atoms with Gasteiger partial charge in [0.05, 0.1) is 19.3 Å². The number of morpholine rings is 1. The number of benzene rings is 3. The molecule has 0 aromatic heterocycles. The molecule has 1 aliphatic rings. The van der Waals surface area contributed by atoms with E-state index < -0.39 is 6.10 Å². The van der Waals surface area contributed by atoms with E-state index in [1.165, 1.54) is 18.2 Å². The molecular weight excluding hydrogens is 438 g/mol. The lowest BCUT2D eigenvalue weighted by Gasteiger charge is -2.26. The Hall–Kier alpha value is -2.84. The van der Waals surface area contributed by atoms with Crippen LogP contribution in [0.4, 0.5) is 8.78 Å². The van der Waals surface area contributed by atoms with Gasteiger partial charge in [-0.2, -0.15) is 0 Å². The quantitative estimate of drug-likeness (QED) is 0.468. The van der Waals surface area contributed by atoms with Crippen LogP contribution < -0.4 is 10.1 Å². The predicted molar refractivity (Wildman–Crippen MR) is 128 cm³/mol. The van der Waals surface area contributed by atoms with Crippen molar-refractivity contribution in [3.63, 3.8) is 0 Å². The molecule has 1 atom stereocenters. The molecule has 0 amide bonds. The van der Waals surface area contributed by atoms with Crippen LogP contribution in [0.25, 0.3) is 11.1 Å². The van der Waals surface area contributed by atoms with Gasteiger partial charge in [0, 0.05) is 44.4 Å². The van der Waals surface area contributed by atoms with E-state index in [1.54, 1.807) is 42.5 Å². The molecule has 3 aromatic rings. The smallest absolute Gasteiger partial charge is 0.134 e. The molecule has 0 saturated carbocycles. The first-order valence-electron chi connectivity index (χ1n) is 11.5. The Labute approximate surface area is 198 Å². The van der Waals surface area contributed by atoms with Crippen molar-refractivity contribution in [1.29, 1.82) is 0 Å². The van der Waals surface area contributed by atoms with Gasteiger partial charge in [0.25, 0.3) is 0 Å². The van der Waals surface area contributed by atoms with Crippen LogP contribution in [0.3, 0.4) is 0 Å². The maximum absolute atomic E-state index is 14.7. The van der Waals surface area contributed by atoms with Crippen LogP contribution in [0.1, 0.15) is 17.2 Å². The fourth-order valence-corrected chi connectivity index (χ4v) is 3.94. The summed E-state index contributed by atoms with van der Waals surface area (Å²) in [6, 6.07) is 18.4. The van der Waals surface area contributed by atoms with E-state index in [1.807, 2.05) is 6.07 Å². The first-order valence-corrected chi connectivity index (χ1v) is 11.5. The van der Waals surface area contributed by atoms with E-state index in [0.717, 1.165) is 49.5 Å². The van der Waals surface area contributed by atoms with E-state index in [4.69, 9.17) is 9.47 Å². The molecule has 3 aromatic carbocycles. The van der Waals surface area contributed by atoms with Crippen LogP contribution in [0.5, 0.6) is 5.75 Å². The Morgan fingerprint density at radius 3 is 2.53 bits per heavy atom. The fraction of sp³-hybridized carbons (Fsp3) is 0.333. The van der Waals surface area contributed by atoms with Gasteiger partial charge in [0.15, 0.2) is 0 Å². The van der Waals surface area contributed by atoms with Gasteiger partial charge in [-0.1, -0.05) is 36.4 Å². The monoisotopic (exact) mass is 468 g/mol. The SMILES string of the molecule is OC(CNCc1cccc(F)c1)c1ccc(-c2ccc(OCCN3CCOCC3)cc2F)cc1. The van der Waals surface area contributed by atoms with Crippen LogP contribution in [0.2, 0.25) is 0 Å². The molecule has 4 rings (SSSR count). The van der Waals surface area contributed by atoms with Crippen LogP contribution in [0, 0.1) is 11.6 Å². The molecule has 1 unspecified atom stereocenters. The zero-order chi connectivity index (χ0) is 23.8. The third kappa shape index (κ3) is 6.84. The van der Waals surface area contributed by atoms with Crippen molar-refractivity contribution in [1.82, 2.24) is 10.2 Å². The average Bonchev–Trinajstić information content (AvgIpc) is 2.85. The lowest BCUT2D eigenvalue weighted by molar-refractivity contribution is 0.0322. The molecule has 1 saturated heterocycles. The number of ether oxygens (including phenoxy) is 2. The van der Waals surface area contributed by atoms with Crippen molar-refractivity contribution in [3.8, 4) is 16.9 Å².